The van der Waals surface area contributed by atoms with E-state index in [0.29, 0.717) is 12.2 Å². The quantitative estimate of drug-likeness (QED) is 0.828. The second-order valence-electron chi connectivity index (χ2n) is 4.45. The largest absolute Gasteiger partial charge is 0.381 e. The molecule has 18 heavy (non-hydrogen) atoms. The normalized spacial score (nSPS) is 15.2. The van der Waals surface area contributed by atoms with Crippen molar-refractivity contribution >= 4 is 11.6 Å². The molecule has 0 unspecified atom stereocenters. The van der Waals surface area contributed by atoms with Gasteiger partial charge in [-0.2, -0.15) is 0 Å². The first-order valence-electron chi connectivity index (χ1n) is 6.41. The molecule has 0 saturated carbocycles. The van der Waals surface area contributed by atoms with E-state index >= 15 is 0 Å². The number of nitrogens with one attached hydrogen (secondary N) is 1. The molecule has 1 aliphatic heterocycles. The van der Waals surface area contributed by atoms with Crippen molar-refractivity contribution in [2.24, 2.45) is 0 Å². The van der Waals surface area contributed by atoms with Gasteiger partial charge in [-0.25, -0.2) is 0 Å². The van der Waals surface area contributed by atoms with E-state index in [1.165, 1.54) is 6.42 Å². The molecule has 1 aliphatic rings. The van der Waals surface area contributed by atoms with Gasteiger partial charge in [0.05, 0.1) is 0 Å². The molecule has 0 bridgehead atoms. The highest BCUT2D eigenvalue weighted by molar-refractivity contribution is 5.93. The number of pyridine rings is 1. The number of hydrogen-bond acceptors (Lipinski definition) is 3. The van der Waals surface area contributed by atoms with Crippen molar-refractivity contribution in [1.29, 1.82) is 0 Å². The number of likely N-dealkylation sites (tertiary alicyclic amines) is 1. The van der Waals surface area contributed by atoms with Gasteiger partial charge in [0.1, 0.15) is 5.69 Å². The van der Waals surface area contributed by atoms with Gasteiger partial charge in [-0.1, -0.05) is 6.08 Å². The molecule has 0 aliphatic carbocycles. The summed E-state index contributed by atoms with van der Waals surface area (Å²) in [6.45, 7) is 6.04. The molecule has 1 amide bonds. The third kappa shape index (κ3) is 3.09. The minimum absolute atomic E-state index is 0.0388. The lowest BCUT2D eigenvalue weighted by Gasteiger charge is -2.26. The first-order valence-corrected chi connectivity index (χ1v) is 6.41. The molecule has 96 valence electrons. The van der Waals surface area contributed by atoms with Crippen LogP contribution in [-0.2, 0) is 0 Å². The number of carbonyl (C=O) groups is 1. The van der Waals surface area contributed by atoms with E-state index in [4.69, 9.17) is 0 Å². The Bertz CT molecular complexity index is 425. The monoisotopic (exact) mass is 245 g/mol. The summed E-state index contributed by atoms with van der Waals surface area (Å²) in [7, 11) is 0. The number of nitrogens with zero attached hydrogens (tertiary/aromatic N) is 2. The molecule has 4 nitrogen and oxygen atoms in total. The van der Waals surface area contributed by atoms with E-state index in [1.54, 1.807) is 18.3 Å². The average Bonchev–Trinajstić information content (AvgIpc) is 2.45. The molecule has 0 aromatic carbocycles. The first-order chi connectivity index (χ1) is 8.81. The van der Waals surface area contributed by atoms with Gasteiger partial charge in [0.15, 0.2) is 0 Å². The van der Waals surface area contributed by atoms with Crippen molar-refractivity contribution in [3.63, 3.8) is 0 Å². The Morgan fingerprint density at radius 1 is 1.44 bits per heavy atom. The maximum Gasteiger partial charge on any atom is 0.272 e. The van der Waals surface area contributed by atoms with E-state index in [2.05, 4.69) is 16.9 Å². The fourth-order valence-corrected chi connectivity index (χ4v) is 2.11. The molecular formula is C14H19N3O. The molecule has 1 aromatic heterocycles. The molecule has 1 fully saturated rings. The van der Waals surface area contributed by atoms with Crippen LogP contribution in [-0.4, -0.2) is 35.4 Å². The zero-order valence-electron chi connectivity index (χ0n) is 10.6. The average molecular weight is 245 g/mol. The highest BCUT2D eigenvalue weighted by atomic mass is 16.2. The number of rotatable bonds is 4. The van der Waals surface area contributed by atoms with Gasteiger partial charge in [0, 0.05) is 31.5 Å². The van der Waals surface area contributed by atoms with Crippen LogP contribution in [0.5, 0.6) is 0 Å². The molecule has 2 rings (SSSR count). The number of anilines is 1. The number of aromatic nitrogens is 1. The maximum atomic E-state index is 12.2. The molecule has 1 saturated heterocycles. The Labute approximate surface area is 108 Å². The molecular weight excluding hydrogens is 226 g/mol. The lowest BCUT2D eigenvalue weighted by atomic mass is 10.1. The summed E-state index contributed by atoms with van der Waals surface area (Å²) in [5.74, 6) is 0.0388. The Kier molecular flexibility index (Phi) is 4.34. The van der Waals surface area contributed by atoms with Crippen molar-refractivity contribution in [2.45, 2.75) is 19.3 Å². The van der Waals surface area contributed by atoms with Crippen LogP contribution in [0.1, 0.15) is 29.8 Å². The Morgan fingerprint density at radius 2 is 2.22 bits per heavy atom. The van der Waals surface area contributed by atoms with Crippen LogP contribution in [0, 0.1) is 0 Å². The molecule has 0 spiro atoms. The summed E-state index contributed by atoms with van der Waals surface area (Å²) in [4.78, 5) is 18.3. The molecule has 2 heterocycles. The zero-order chi connectivity index (χ0) is 12.8. The fourth-order valence-electron chi connectivity index (χ4n) is 2.11. The van der Waals surface area contributed by atoms with E-state index in [1.807, 2.05) is 11.0 Å². The van der Waals surface area contributed by atoms with E-state index in [0.717, 1.165) is 31.6 Å². The van der Waals surface area contributed by atoms with E-state index in [-0.39, 0.29) is 5.91 Å². The number of carbonyl (C=O) groups excluding carboxylic acids is 1. The van der Waals surface area contributed by atoms with Crippen LogP contribution < -0.4 is 5.32 Å². The Hall–Kier alpha value is -1.84. The number of amides is 1. The topological polar surface area (TPSA) is 45.2 Å². The summed E-state index contributed by atoms with van der Waals surface area (Å²) in [6, 6.07) is 3.66. The Balaban J connectivity index is 2.06. The predicted molar refractivity (Wildman–Crippen MR) is 72.7 cm³/mol. The van der Waals surface area contributed by atoms with Crippen LogP contribution in [0.4, 0.5) is 5.69 Å². The van der Waals surface area contributed by atoms with Gasteiger partial charge in [-0.3, -0.25) is 9.78 Å². The van der Waals surface area contributed by atoms with E-state index < -0.39 is 0 Å². The minimum atomic E-state index is 0.0388. The second kappa shape index (κ2) is 6.19. The SMILES string of the molecule is C=CCNc1ccnc(C(=O)N2CCCCC2)c1. The van der Waals surface area contributed by atoms with Gasteiger partial charge in [0.25, 0.3) is 5.91 Å². The molecule has 1 aromatic rings. The third-order valence-electron chi connectivity index (χ3n) is 3.07. The van der Waals surface area contributed by atoms with Crippen LogP contribution in [0.15, 0.2) is 31.0 Å². The standard InChI is InChI=1S/C14H19N3O/c1-2-7-15-12-6-8-16-13(11-12)14(18)17-9-4-3-5-10-17/h2,6,8,11H,1,3-5,7,9-10H2,(H,15,16). The minimum Gasteiger partial charge on any atom is -0.381 e. The lowest BCUT2D eigenvalue weighted by Crippen LogP contribution is -2.36. The summed E-state index contributed by atoms with van der Waals surface area (Å²) < 4.78 is 0. The zero-order valence-corrected chi connectivity index (χ0v) is 10.6. The van der Waals surface area contributed by atoms with Crippen molar-refractivity contribution in [1.82, 2.24) is 9.88 Å². The van der Waals surface area contributed by atoms with Gasteiger partial charge < -0.3 is 10.2 Å². The highest BCUT2D eigenvalue weighted by Gasteiger charge is 2.19. The third-order valence-corrected chi connectivity index (χ3v) is 3.07. The van der Waals surface area contributed by atoms with Gasteiger partial charge >= 0.3 is 0 Å². The fraction of sp³-hybridized carbons (Fsp3) is 0.429. The lowest BCUT2D eigenvalue weighted by molar-refractivity contribution is 0.0718. The predicted octanol–water partition coefficient (Wildman–Crippen LogP) is 2.31. The second-order valence-corrected chi connectivity index (χ2v) is 4.45. The summed E-state index contributed by atoms with van der Waals surface area (Å²) in [6.07, 6.45) is 6.87. The van der Waals surface area contributed by atoms with Crippen LogP contribution >= 0.6 is 0 Å². The van der Waals surface area contributed by atoms with Crippen LogP contribution in [0.3, 0.4) is 0 Å². The van der Waals surface area contributed by atoms with Crippen LogP contribution in [0.25, 0.3) is 0 Å². The summed E-state index contributed by atoms with van der Waals surface area (Å²) in [5.41, 5.74) is 1.43. The smallest absolute Gasteiger partial charge is 0.272 e. The molecule has 0 atom stereocenters. The van der Waals surface area contributed by atoms with Gasteiger partial charge in [-0.05, 0) is 31.4 Å². The first kappa shape index (κ1) is 12.6. The van der Waals surface area contributed by atoms with Crippen molar-refractivity contribution < 1.29 is 4.79 Å². The van der Waals surface area contributed by atoms with Crippen molar-refractivity contribution in [2.75, 3.05) is 25.0 Å². The van der Waals surface area contributed by atoms with E-state index in [9.17, 15) is 4.79 Å². The molecule has 4 heteroatoms. The van der Waals surface area contributed by atoms with Crippen molar-refractivity contribution in [3.8, 4) is 0 Å². The Morgan fingerprint density at radius 3 is 2.94 bits per heavy atom. The maximum absolute atomic E-state index is 12.2. The van der Waals surface area contributed by atoms with Gasteiger partial charge in [0.2, 0.25) is 0 Å². The van der Waals surface area contributed by atoms with Gasteiger partial charge in [-0.15, -0.1) is 6.58 Å². The molecule has 1 N–H and O–H groups in total. The number of hydrogen-bond donors (Lipinski definition) is 1. The molecule has 0 radical (unpaired) electrons. The van der Waals surface area contributed by atoms with Crippen molar-refractivity contribution in [3.05, 3.63) is 36.7 Å². The number of piperidine rings is 1. The summed E-state index contributed by atoms with van der Waals surface area (Å²) >= 11 is 0. The highest BCUT2D eigenvalue weighted by Crippen LogP contribution is 2.14. The summed E-state index contributed by atoms with van der Waals surface area (Å²) in [5, 5.41) is 3.16. The van der Waals surface area contributed by atoms with Crippen LogP contribution in [0.2, 0.25) is 0 Å².